The number of ether oxygens (including phenoxy) is 1. The lowest BCUT2D eigenvalue weighted by Gasteiger charge is -2.13. The molecule has 0 amide bonds. The minimum absolute atomic E-state index is 0.0626. The van der Waals surface area contributed by atoms with E-state index in [4.69, 9.17) is 27.9 Å². The van der Waals surface area contributed by atoms with Gasteiger partial charge in [-0.25, -0.2) is 0 Å². The number of hydrogen-bond acceptors (Lipinski definition) is 4. The van der Waals surface area contributed by atoms with Crippen LogP contribution in [-0.4, -0.2) is 4.92 Å². The molecule has 0 heterocycles. The van der Waals surface area contributed by atoms with Crippen LogP contribution in [0.1, 0.15) is 16.7 Å². The molecule has 5 nitrogen and oxygen atoms in total. The van der Waals surface area contributed by atoms with Gasteiger partial charge in [0, 0.05) is 27.7 Å². The van der Waals surface area contributed by atoms with Crippen molar-refractivity contribution >= 4 is 85.7 Å². The van der Waals surface area contributed by atoms with Gasteiger partial charge >= 0.3 is 0 Å². The van der Waals surface area contributed by atoms with Crippen LogP contribution < -0.4 is 4.74 Å². The van der Waals surface area contributed by atoms with Crippen LogP contribution in [-0.2, 0) is 6.61 Å². The number of nitrogens with zero attached hydrogens (tertiary/aromatic N) is 2. The second-order valence-corrected chi connectivity index (χ2v) is 9.48. The van der Waals surface area contributed by atoms with Gasteiger partial charge < -0.3 is 4.74 Å². The van der Waals surface area contributed by atoms with Crippen molar-refractivity contribution < 1.29 is 9.66 Å². The summed E-state index contributed by atoms with van der Waals surface area (Å²) in [5.41, 5.74) is 2.36. The first-order valence-corrected chi connectivity index (χ1v) is 11.6. The number of rotatable bonds is 6. The fraction of sp³-hybridized carbons (Fsp3) is 0.0455. The monoisotopic (exact) mass is 676 g/mol. The molecule has 0 fully saturated rings. The van der Waals surface area contributed by atoms with Crippen molar-refractivity contribution in [2.24, 2.45) is 0 Å². The lowest BCUT2D eigenvalue weighted by molar-refractivity contribution is -0.384. The molecule has 0 spiro atoms. The van der Waals surface area contributed by atoms with Gasteiger partial charge in [0.2, 0.25) is 0 Å². The zero-order valence-electron chi connectivity index (χ0n) is 15.6. The van der Waals surface area contributed by atoms with E-state index in [1.165, 1.54) is 12.1 Å². The summed E-state index contributed by atoms with van der Waals surface area (Å²) in [6.45, 7) is 0.286. The molecule has 9 heteroatoms. The largest absolute Gasteiger partial charge is 0.487 e. The van der Waals surface area contributed by atoms with Crippen LogP contribution in [0.4, 0.5) is 5.69 Å². The molecular weight excluding hydrogens is 665 g/mol. The number of non-ortho nitro benzene ring substituents is 1. The van der Waals surface area contributed by atoms with E-state index in [0.717, 1.165) is 18.3 Å². The summed E-state index contributed by atoms with van der Waals surface area (Å²) in [7, 11) is 0. The minimum Gasteiger partial charge on any atom is -0.487 e. The van der Waals surface area contributed by atoms with Crippen LogP contribution in [0.15, 0.2) is 54.6 Å². The SMILES string of the molecule is N#C/C(=C/c1cc(I)c(OCc2ccc(Cl)cc2Cl)c(I)c1)c1cccc([N+](=O)[O-])c1. The fourth-order valence-electron chi connectivity index (χ4n) is 2.72. The third-order valence-corrected chi connectivity index (χ3v) is 6.40. The van der Waals surface area contributed by atoms with Crippen LogP contribution in [0.2, 0.25) is 10.0 Å². The Kier molecular flexibility index (Phi) is 8.16. The van der Waals surface area contributed by atoms with Gasteiger partial charge in [0.15, 0.2) is 0 Å². The highest BCUT2D eigenvalue weighted by atomic mass is 127. The number of nitro benzene ring substituents is 1. The molecule has 156 valence electrons. The van der Waals surface area contributed by atoms with E-state index >= 15 is 0 Å². The molecule has 0 saturated heterocycles. The molecule has 3 aromatic rings. The average Bonchev–Trinajstić information content (AvgIpc) is 2.72. The quantitative estimate of drug-likeness (QED) is 0.0880. The Morgan fingerprint density at radius 1 is 1.13 bits per heavy atom. The molecule has 0 aromatic heterocycles. The van der Waals surface area contributed by atoms with Crippen molar-refractivity contribution in [1.29, 1.82) is 5.26 Å². The Morgan fingerprint density at radius 2 is 1.84 bits per heavy atom. The molecule has 0 atom stereocenters. The highest BCUT2D eigenvalue weighted by Crippen LogP contribution is 2.32. The second kappa shape index (κ2) is 10.6. The zero-order chi connectivity index (χ0) is 22.5. The molecule has 0 N–H and O–H groups in total. The van der Waals surface area contributed by atoms with E-state index < -0.39 is 4.92 Å². The summed E-state index contributed by atoms with van der Waals surface area (Å²) in [6.07, 6.45) is 1.70. The number of nitriles is 1. The van der Waals surface area contributed by atoms with E-state index in [0.29, 0.717) is 26.9 Å². The number of nitro groups is 1. The first-order chi connectivity index (χ1) is 14.8. The van der Waals surface area contributed by atoms with Gasteiger partial charge in [-0.1, -0.05) is 41.4 Å². The molecule has 0 unspecified atom stereocenters. The first-order valence-electron chi connectivity index (χ1n) is 8.71. The standard InChI is InChI=1S/C22H12Cl2I2N2O3/c23-17-5-4-15(19(24)10-17)12-31-22-20(25)7-13(8-21(22)26)6-16(11-27)14-2-1-3-18(9-14)28(29)30/h1-10H,12H2/b16-6-. The van der Waals surface area contributed by atoms with Crippen molar-refractivity contribution in [1.82, 2.24) is 0 Å². The molecule has 3 rings (SSSR count). The molecule has 3 aromatic carbocycles. The van der Waals surface area contributed by atoms with Crippen LogP contribution >= 0.6 is 68.4 Å². The summed E-state index contributed by atoms with van der Waals surface area (Å²) >= 11 is 16.5. The predicted molar refractivity (Wildman–Crippen MR) is 139 cm³/mol. The summed E-state index contributed by atoms with van der Waals surface area (Å²) in [6, 6.07) is 17.1. The molecular formula is C22H12Cl2I2N2O3. The first kappa shape index (κ1) is 23.8. The highest BCUT2D eigenvalue weighted by Gasteiger charge is 2.12. The molecule has 0 bridgehead atoms. The van der Waals surface area contributed by atoms with Crippen LogP contribution in [0.3, 0.4) is 0 Å². The number of hydrogen-bond donors (Lipinski definition) is 0. The van der Waals surface area contributed by atoms with E-state index in [9.17, 15) is 15.4 Å². The maximum Gasteiger partial charge on any atom is 0.270 e. The number of allylic oxidation sites excluding steroid dienone is 1. The summed E-state index contributed by atoms with van der Waals surface area (Å²) in [5, 5.41) is 21.7. The van der Waals surface area contributed by atoms with Crippen LogP contribution in [0, 0.1) is 28.6 Å². The molecule has 0 aliphatic rings. The van der Waals surface area contributed by atoms with Crippen molar-refractivity contribution in [3.8, 4) is 11.8 Å². The Bertz CT molecular complexity index is 1220. The zero-order valence-corrected chi connectivity index (χ0v) is 21.4. The van der Waals surface area contributed by atoms with Gasteiger partial charge in [-0.05, 0) is 86.7 Å². The van der Waals surface area contributed by atoms with Crippen molar-refractivity contribution in [2.75, 3.05) is 0 Å². The normalized spacial score (nSPS) is 11.1. The summed E-state index contributed by atoms with van der Waals surface area (Å²) in [4.78, 5) is 10.5. The Morgan fingerprint density at radius 3 is 2.45 bits per heavy atom. The molecule has 0 aliphatic carbocycles. The number of benzene rings is 3. The second-order valence-electron chi connectivity index (χ2n) is 6.32. The van der Waals surface area contributed by atoms with Gasteiger partial charge in [-0.2, -0.15) is 5.26 Å². The molecule has 0 aliphatic heterocycles. The Hall–Kier alpha value is -1.87. The third-order valence-electron chi connectivity index (χ3n) is 4.21. The lowest BCUT2D eigenvalue weighted by Crippen LogP contribution is -2.00. The van der Waals surface area contributed by atoms with E-state index in [-0.39, 0.29) is 12.3 Å². The Labute approximate surface area is 216 Å². The van der Waals surface area contributed by atoms with E-state index in [2.05, 4.69) is 51.3 Å². The maximum atomic E-state index is 11.0. The van der Waals surface area contributed by atoms with Crippen molar-refractivity contribution in [3.05, 3.63) is 98.6 Å². The highest BCUT2D eigenvalue weighted by molar-refractivity contribution is 14.1. The van der Waals surface area contributed by atoms with Gasteiger partial charge in [-0.3, -0.25) is 10.1 Å². The lowest BCUT2D eigenvalue weighted by atomic mass is 10.0. The van der Waals surface area contributed by atoms with E-state index in [1.807, 2.05) is 18.2 Å². The number of halogens is 4. The topological polar surface area (TPSA) is 76.2 Å². The van der Waals surface area contributed by atoms with Gasteiger partial charge in [0.1, 0.15) is 12.4 Å². The summed E-state index contributed by atoms with van der Waals surface area (Å²) in [5.74, 6) is 0.707. The van der Waals surface area contributed by atoms with Gasteiger partial charge in [0.05, 0.1) is 23.7 Å². The van der Waals surface area contributed by atoms with E-state index in [1.54, 1.807) is 30.3 Å². The van der Waals surface area contributed by atoms with Crippen LogP contribution in [0.5, 0.6) is 5.75 Å². The maximum absolute atomic E-state index is 11.0. The smallest absolute Gasteiger partial charge is 0.270 e. The van der Waals surface area contributed by atoms with Crippen molar-refractivity contribution in [2.45, 2.75) is 6.61 Å². The van der Waals surface area contributed by atoms with Gasteiger partial charge in [-0.15, -0.1) is 0 Å². The molecule has 31 heavy (non-hydrogen) atoms. The Balaban J connectivity index is 1.87. The molecule has 0 saturated carbocycles. The van der Waals surface area contributed by atoms with Gasteiger partial charge in [0.25, 0.3) is 5.69 Å². The minimum atomic E-state index is -0.483. The summed E-state index contributed by atoms with van der Waals surface area (Å²) < 4.78 is 7.70. The third kappa shape index (κ3) is 6.10. The fourth-order valence-corrected chi connectivity index (χ4v) is 5.31. The average molecular weight is 677 g/mol. The van der Waals surface area contributed by atoms with Crippen LogP contribution in [0.25, 0.3) is 11.6 Å². The van der Waals surface area contributed by atoms with Crippen molar-refractivity contribution in [3.63, 3.8) is 0 Å². The predicted octanol–water partition coefficient (Wildman–Crippen LogP) is 7.75. The molecule has 0 radical (unpaired) electrons.